The van der Waals surface area contributed by atoms with Gasteiger partial charge in [0.2, 0.25) is 17.9 Å². The summed E-state index contributed by atoms with van der Waals surface area (Å²) in [5.41, 5.74) is 7.97. The fourth-order valence-corrected chi connectivity index (χ4v) is 6.20. The van der Waals surface area contributed by atoms with Gasteiger partial charge in [0, 0.05) is 36.7 Å². The first-order chi connectivity index (χ1) is 20.9. The summed E-state index contributed by atoms with van der Waals surface area (Å²) in [6.45, 7) is 3.23. The molecule has 2 saturated heterocycles. The van der Waals surface area contributed by atoms with Gasteiger partial charge < -0.3 is 25.8 Å². The largest absolute Gasteiger partial charge is 0.480 e. The summed E-state index contributed by atoms with van der Waals surface area (Å²) in [4.78, 5) is 25.5. The smallest absolute Gasteiger partial charge is 0.429 e. The number of fused-ring (bicyclic) bond motifs is 1. The van der Waals surface area contributed by atoms with Crippen molar-refractivity contribution in [1.82, 2.24) is 20.3 Å². The number of halogens is 4. The molecule has 4 aromatic rings. The summed E-state index contributed by atoms with van der Waals surface area (Å²) in [7, 11) is 0. The highest BCUT2D eigenvalue weighted by Crippen LogP contribution is 2.42. The van der Waals surface area contributed by atoms with Crippen LogP contribution in [-0.4, -0.2) is 57.9 Å². The number of anilines is 2. The molecule has 2 aliphatic rings. The van der Waals surface area contributed by atoms with Gasteiger partial charge in [-0.15, -0.1) is 0 Å². The fraction of sp³-hybridized carbons (Fsp3) is 0.355. The Morgan fingerprint density at radius 3 is 2.52 bits per heavy atom. The lowest BCUT2D eigenvalue weighted by molar-refractivity contribution is -0.198. The predicted octanol–water partition coefficient (Wildman–Crippen LogP) is 5.44. The van der Waals surface area contributed by atoms with E-state index in [-0.39, 0.29) is 22.8 Å². The summed E-state index contributed by atoms with van der Waals surface area (Å²) in [6, 6.07) is 11.9. The number of rotatable bonds is 6. The van der Waals surface area contributed by atoms with E-state index >= 15 is 0 Å². The number of hydrogen-bond acceptors (Lipinski definition) is 8. The van der Waals surface area contributed by atoms with Crippen LogP contribution in [0.2, 0.25) is 0 Å². The first kappa shape index (κ1) is 29.5. The molecule has 0 bridgehead atoms. The number of nitrogen functional groups attached to an aromatic ring is 1. The lowest BCUT2D eigenvalue weighted by atomic mass is 9.76. The second-order valence-electron chi connectivity index (χ2n) is 11.6. The SMILES string of the molecule is Cc1cc(-c2ccc3ncc(F)cc3c2)ccc1[C@@H](Oc1cc(N2CCC3(CC2)CNC(C(=O)O)C3)nc(N)n1)C(F)(F)F. The van der Waals surface area contributed by atoms with Crippen LogP contribution in [0.3, 0.4) is 0 Å². The van der Waals surface area contributed by atoms with Gasteiger partial charge in [0.25, 0.3) is 0 Å². The molecule has 2 atom stereocenters. The van der Waals surface area contributed by atoms with Crippen LogP contribution in [0.25, 0.3) is 22.0 Å². The molecule has 1 unspecified atom stereocenters. The Balaban J connectivity index is 1.22. The molecule has 0 radical (unpaired) electrons. The molecule has 9 nitrogen and oxygen atoms in total. The van der Waals surface area contributed by atoms with Crippen molar-refractivity contribution in [2.24, 2.45) is 5.41 Å². The topological polar surface area (TPSA) is 126 Å². The lowest BCUT2D eigenvalue weighted by Gasteiger charge is -2.39. The van der Waals surface area contributed by atoms with Crippen LogP contribution in [0.15, 0.2) is 54.7 Å². The molecule has 0 amide bonds. The molecule has 44 heavy (non-hydrogen) atoms. The first-order valence-electron chi connectivity index (χ1n) is 14.1. The van der Waals surface area contributed by atoms with E-state index in [1.54, 1.807) is 37.3 Å². The Morgan fingerprint density at radius 1 is 1.11 bits per heavy atom. The van der Waals surface area contributed by atoms with Crippen molar-refractivity contribution in [2.75, 3.05) is 30.3 Å². The zero-order valence-corrected chi connectivity index (χ0v) is 23.7. The minimum atomic E-state index is -4.77. The number of nitrogens with two attached hydrogens (primary N) is 1. The third-order valence-electron chi connectivity index (χ3n) is 8.58. The van der Waals surface area contributed by atoms with Gasteiger partial charge in [0.15, 0.2) is 0 Å². The minimum Gasteiger partial charge on any atom is -0.480 e. The maximum atomic E-state index is 14.4. The van der Waals surface area contributed by atoms with Crippen LogP contribution in [0, 0.1) is 18.2 Å². The third-order valence-corrected chi connectivity index (χ3v) is 8.58. The molecule has 2 fully saturated rings. The zero-order chi connectivity index (χ0) is 31.2. The summed E-state index contributed by atoms with van der Waals surface area (Å²) in [6.07, 6.45) is -4.05. The molecule has 13 heteroatoms. The molecule has 6 rings (SSSR count). The summed E-state index contributed by atoms with van der Waals surface area (Å²) >= 11 is 0. The van der Waals surface area contributed by atoms with Crippen molar-refractivity contribution in [1.29, 1.82) is 0 Å². The number of aromatic nitrogens is 3. The van der Waals surface area contributed by atoms with Crippen molar-refractivity contribution in [3.63, 3.8) is 0 Å². The van der Waals surface area contributed by atoms with Crippen LogP contribution in [0.4, 0.5) is 29.3 Å². The van der Waals surface area contributed by atoms with Crippen molar-refractivity contribution in [2.45, 2.75) is 44.5 Å². The molecule has 0 aliphatic carbocycles. The molecule has 2 aromatic carbocycles. The van der Waals surface area contributed by atoms with E-state index in [0.717, 1.165) is 6.20 Å². The average Bonchev–Trinajstić information content (AvgIpc) is 3.39. The summed E-state index contributed by atoms with van der Waals surface area (Å²) in [5, 5.41) is 13.0. The van der Waals surface area contributed by atoms with Gasteiger partial charge in [-0.2, -0.15) is 23.1 Å². The number of carboxylic acid groups (broad SMARTS) is 1. The van der Waals surface area contributed by atoms with Crippen LogP contribution in [-0.2, 0) is 4.79 Å². The molecular formula is C31H30F4N6O3. The Bertz CT molecular complexity index is 1720. The van der Waals surface area contributed by atoms with Gasteiger partial charge in [-0.25, -0.2) is 4.39 Å². The van der Waals surface area contributed by atoms with E-state index in [1.165, 1.54) is 18.2 Å². The Hall–Kier alpha value is -4.52. The van der Waals surface area contributed by atoms with Gasteiger partial charge in [-0.1, -0.05) is 24.3 Å². The highest BCUT2D eigenvalue weighted by atomic mass is 19.4. The van der Waals surface area contributed by atoms with Crippen LogP contribution in [0.1, 0.15) is 36.5 Å². The highest BCUT2D eigenvalue weighted by Gasteiger charge is 2.45. The number of nitrogens with zero attached hydrogens (tertiary/aromatic N) is 4. The second kappa shape index (κ2) is 11.2. The van der Waals surface area contributed by atoms with E-state index in [0.29, 0.717) is 72.3 Å². The van der Waals surface area contributed by atoms with Crippen molar-refractivity contribution >= 4 is 28.6 Å². The predicted molar refractivity (Wildman–Crippen MR) is 156 cm³/mol. The minimum absolute atomic E-state index is 0.0879. The third kappa shape index (κ3) is 5.96. The maximum absolute atomic E-state index is 14.4. The number of benzene rings is 2. The van der Waals surface area contributed by atoms with Crippen LogP contribution < -0.4 is 20.7 Å². The molecule has 4 heterocycles. The van der Waals surface area contributed by atoms with Crippen molar-refractivity contribution < 1.29 is 32.2 Å². The van der Waals surface area contributed by atoms with E-state index in [1.807, 2.05) is 4.90 Å². The van der Waals surface area contributed by atoms with Gasteiger partial charge in [0.05, 0.1) is 11.7 Å². The molecule has 4 N–H and O–H groups in total. The number of pyridine rings is 1. The van der Waals surface area contributed by atoms with Crippen molar-refractivity contribution in [3.8, 4) is 17.0 Å². The van der Waals surface area contributed by atoms with Gasteiger partial charge in [-0.05, 0) is 66.5 Å². The van der Waals surface area contributed by atoms with E-state index in [9.17, 15) is 27.5 Å². The Labute approximate surface area is 250 Å². The van der Waals surface area contributed by atoms with E-state index < -0.39 is 30.1 Å². The molecule has 1 spiro atoms. The number of piperidine rings is 1. The highest BCUT2D eigenvalue weighted by molar-refractivity contribution is 5.84. The van der Waals surface area contributed by atoms with Crippen molar-refractivity contribution in [3.05, 3.63) is 71.7 Å². The maximum Gasteiger partial charge on any atom is 0.429 e. The molecule has 0 saturated carbocycles. The number of nitrogens with one attached hydrogen (secondary N) is 1. The quantitative estimate of drug-likeness (QED) is 0.245. The van der Waals surface area contributed by atoms with Crippen LogP contribution in [0.5, 0.6) is 5.88 Å². The van der Waals surface area contributed by atoms with Gasteiger partial charge in [-0.3, -0.25) is 9.78 Å². The number of aliphatic carboxylic acids is 1. The number of aryl methyl sites for hydroxylation is 1. The monoisotopic (exact) mass is 610 g/mol. The molecule has 2 aliphatic heterocycles. The molecule has 230 valence electrons. The number of carbonyl (C=O) groups is 1. The first-order valence-corrected chi connectivity index (χ1v) is 14.1. The van der Waals surface area contributed by atoms with Gasteiger partial charge >= 0.3 is 12.1 Å². The number of carboxylic acids is 1. The average molecular weight is 611 g/mol. The van der Waals surface area contributed by atoms with Gasteiger partial charge in [0.1, 0.15) is 17.7 Å². The van der Waals surface area contributed by atoms with E-state index in [2.05, 4.69) is 20.3 Å². The fourth-order valence-electron chi connectivity index (χ4n) is 6.20. The standard InChI is InChI=1S/C31H30F4N6O3/c1-17-10-18(19-3-5-23-20(11-19)12-21(32)15-37-23)2-4-22(17)27(31(33,34)35)44-26-13-25(39-29(36)40-26)41-8-6-30(7-9-41)14-24(28(42)43)38-16-30/h2-5,10-13,15,24,27,38H,6-9,14,16H2,1H3,(H,42,43)(H2,36,39,40)/t24?,27-/m1/s1. The summed E-state index contributed by atoms with van der Waals surface area (Å²) in [5.74, 6) is -1.54. The zero-order valence-electron chi connectivity index (χ0n) is 23.7. The number of ether oxygens (including phenoxy) is 1. The lowest BCUT2D eigenvalue weighted by Crippen LogP contribution is -2.41. The van der Waals surface area contributed by atoms with Crippen LogP contribution >= 0.6 is 0 Å². The number of alkyl halides is 3. The molecular weight excluding hydrogens is 580 g/mol. The Morgan fingerprint density at radius 2 is 1.84 bits per heavy atom. The normalized spacial score (nSPS) is 18.9. The second-order valence-corrected chi connectivity index (χ2v) is 11.6. The number of hydrogen-bond donors (Lipinski definition) is 3. The summed E-state index contributed by atoms with van der Waals surface area (Å²) < 4.78 is 62.5. The van der Waals surface area contributed by atoms with E-state index in [4.69, 9.17) is 10.5 Å². The molecule has 2 aromatic heterocycles. The Kier molecular flexibility index (Phi) is 7.52.